The van der Waals surface area contributed by atoms with E-state index in [4.69, 9.17) is 0 Å². The zero-order chi connectivity index (χ0) is 21.0. The summed E-state index contributed by atoms with van der Waals surface area (Å²) in [5.41, 5.74) is 1.27. The summed E-state index contributed by atoms with van der Waals surface area (Å²) in [4.78, 5) is 18.7. The number of carbonyl (C=O) groups is 1. The first kappa shape index (κ1) is 24.9. The second kappa shape index (κ2) is 18.0. The number of aromatic nitrogens is 1. The normalized spacial score (nSPS) is 10.5. The van der Waals surface area contributed by atoms with Gasteiger partial charge >= 0.3 is 6.03 Å². The molecule has 1 aromatic rings. The van der Waals surface area contributed by atoms with E-state index in [1.165, 1.54) is 44.1 Å². The van der Waals surface area contributed by atoms with Gasteiger partial charge in [-0.25, -0.2) is 4.79 Å². The Balaban J connectivity index is 2.29. The summed E-state index contributed by atoms with van der Waals surface area (Å²) in [6.45, 7) is 9.99. The van der Waals surface area contributed by atoms with E-state index in [1.54, 1.807) is 0 Å². The first-order valence-electron chi connectivity index (χ1n) is 11.4. The topological polar surface area (TPSA) is 45.2 Å². The Morgan fingerprint density at radius 2 is 1.41 bits per heavy atom. The monoisotopic (exact) mass is 399 g/mol. The maximum atomic E-state index is 12.7. The minimum absolute atomic E-state index is 0.0944. The molecule has 1 N–H and O–H groups in total. The summed E-state index contributed by atoms with van der Waals surface area (Å²) >= 11 is 0. The zero-order valence-electron chi connectivity index (χ0n) is 18.3. The van der Waals surface area contributed by atoms with Gasteiger partial charge in [0.25, 0.3) is 0 Å². The first-order chi connectivity index (χ1) is 14.3. The fourth-order valence-electron chi connectivity index (χ4n) is 3.35. The van der Waals surface area contributed by atoms with Gasteiger partial charge in [0.05, 0.1) is 0 Å². The number of rotatable bonds is 18. The fourth-order valence-corrected chi connectivity index (χ4v) is 3.35. The molecule has 0 aliphatic rings. The van der Waals surface area contributed by atoms with Crippen LogP contribution in [0, 0.1) is 0 Å². The highest BCUT2D eigenvalue weighted by molar-refractivity contribution is 5.74. The van der Waals surface area contributed by atoms with Gasteiger partial charge < -0.3 is 10.2 Å². The molecule has 29 heavy (non-hydrogen) atoms. The van der Waals surface area contributed by atoms with Crippen molar-refractivity contribution in [1.82, 2.24) is 15.2 Å². The van der Waals surface area contributed by atoms with Crippen LogP contribution in [0.4, 0.5) is 4.79 Å². The van der Waals surface area contributed by atoms with Gasteiger partial charge in [-0.1, -0.05) is 37.8 Å². The van der Waals surface area contributed by atoms with E-state index in [-0.39, 0.29) is 6.03 Å². The Kier molecular flexibility index (Phi) is 15.4. The molecule has 1 heterocycles. The Hall–Kier alpha value is -2.10. The number of nitrogens with zero attached hydrogens (tertiary/aromatic N) is 2. The van der Waals surface area contributed by atoms with E-state index in [1.807, 2.05) is 41.6 Å². The SMILES string of the molecule is C=CCCCCCCN(CCCCCCC=C)C(=O)NCCCc1ccncc1. The van der Waals surface area contributed by atoms with Gasteiger partial charge in [0.1, 0.15) is 0 Å². The van der Waals surface area contributed by atoms with Crippen molar-refractivity contribution in [2.75, 3.05) is 19.6 Å². The molecule has 0 unspecified atom stereocenters. The minimum Gasteiger partial charge on any atom is -0.338 e. The fraction of sp³-hybridized carbons (Fsp3) is 0.600. The predicted molar refractivity (Wildman–Crippen MR) is 124 cm³/mol. The number of hydrogen-bond acceptors (Lipinski definition) is 2. The lowest BCUT2D eigenvalue weighted by molar-refractivity contribution is 0.195. The van der Waals surface area contributed by atoms with Gasteiger partial charge in [-0.3, -0.25) is 4.98 Å². The van der Waals surface area contributed by atoms with Crippen LogP contribution in [0.25, 0.3) is 0 Å². The van der Waals surface area contributed by atoms with Crippen LogP contribution < -0.4 is 5.32 Å². The molecule has 0 saturated carbocycles. The van der Waals surface area contributed by atoms with Crippen molar-refractivity contribution in [3.8, 4) is 0 Å². The van der Waals surface area contributed by atoms with Crippen LogP contribution in [0.3, 0.4) is 0 Å². The van der Waals surface area contributed by atoms with Crippen LogP contribution in [-0.2, 0) is 6.42 Å². The molecular weight excluding hydrogens is 358 g/mol. The lowest BCUT2D eigenvalue weighted by Crippen LogP contribution is -2.41. The van der Waals surface area contributed by atoms with Crippen molar-refractivity contribution in [2.24, 2.45) is 0 Å². The van der Waals surface area contributed by atoms with Crippen LogP contribution in [0.5, 0.6) is 0 Å². The van der Waals surface area contributed by atoms with Crippen LogP contribution in [-0.4, -0.2) is 35.5 Å². The van der Waals surface area contributed by atoms with Crippen molar-refractivity contribution < 1.29 is 4.79 Å². The third-order valence-electron chi connectivity index (χ3n) is 5.13. The Morgan fingerprint density at radius 3 is 1.97 bits per heavy atom. The highest BCUT2D eigenvalue weighted by atomic mass is 16.2. The summed E-state index contributed by atoms with van der Waals surface area (Å²) in [5, 5.41) is 3.12. The number of allylic oxidation sites excluding steroid dienone is 2. The van der Waals surface area contributed by atoms with E-state index in [9.17, 15) is 4.79 Å². The molecule has 0 spiro atoms. The predicted octanol–water partition coefficient (Wildman–Crippen LogP) is 6.30. The molecule has 162 valence electrons. The molecule has 1 rings (SSSR count). The number of pyridine rings is 1. The minimum atomic E-state index is 0.0944. The number of hydrogen-bond donors (Lipinski definition) is 1. The van der Waals surface area contributed by atoms with Crippen molar-refractivity contribution in [3.63, 3.8) is 0 Å². The van der Waals surface area contributed by atoms with E-state index in [0.717, 1.165) is 58.2 Å². The van der Waals surface area contributed by atoms with E-state index in [2.05, 4.69) is 23.5 Å². The van der Waals surface area contributed by atoms with Gasteiger partial charge in [-0.05, 0) is 69.1 Å². The molecule has 0 radical (unpaired) electrons. The molecule has 0 saturated heterocycles. The number of unbranched alkanes of at least 4 members (excludes halogenated alkanes) is 8. The summed E-state index contributed by atoms with van der Waals surface area (Å²) in [5.74, 6) is 0. The van der Waals surface area contributed by atoms with Crippen LogP contribution in [0.15, 0.2) is 49.8 Å². The Bertz CT molecular complexity index is 524. The number of carbonyl (C=O) groups excluding carboxylic acids is 1. The van der Waals surface area contributed by atoms with Gasteiger partial charge in [0.15, 0.2) is 0 Å². The lowest BCUT2D eigenvalue weighted by atomic mass is 10.1. The standard InChI is InChI=1S/C25H41N3O/c1-3-5-7-9-11-13-22-28(23-14-12-10-8-6-4-2)25(29)27-19-15-16-24-17-20-26-21-18-24/h3-4,17-18,20-21H,1-2,5-16,19,22-23H2,(H,27,29). The highest BCUT2D eigenvalue weighted by Gasteiger charge is 2.12. The van der Waals surface area contributed by atoms with Gasteiger partial charge in [-0.15, -0.1) is 13.2 Å². The van der Waals surface area contributed by atoms with Gasteiger partial charge in [0.2, 0.25) is 0 Å². The maximum absolute atomic E-state index is 12.7. The lowest BCUT2D eigenvalue weighted by Gasteiger charge is -2.23. The first-order valence-corrected chi connectivity index (χ1v) is 11.4. The molecule has 4 heteroatoms. The van der Waals surface area contributed by atoms with Crippen molar-refractivity contribution in [2.45, 2.75) is 77.0 Å². The molecule has 0 aromatic carbocycles. The van der Waals surface area contributed by atoms with Crippen LogP contribution >= 0.6 is 0 Å². The van der Waals surface area contributed by atoms with E-state index in [0.29, 0.717) is 0 Å². The molecule has 4 nitrogen and oxygen atoms in total. The summed E-state index contributed by atoms with van der Waals surface area (Å²) in [6, 6.07) is 4.16. The van der Waals surface area contributed by atoms with Crippen molar-refractivity contribution in [1.29, 1.82) is 0 Å². The van der Waals surface area contributed by atoms with E-state index >= 15 is 0 Å². The second-order valence-electron chi connectivity index (χ2n) is 7.66. The summed E-state index contributed by atoms with van der Waals surface area (Å²) in [6.07, 6.45) is 21.1. The molecule has 2 amide bonds. The van der Waals surface area contributed by atoms with Crippen molar-refractivity contribution in [3.05, 3.63) is 55.4 Å². The van der Waals surface area contributed by atoms with Crippen LogP contribution in [0.1, 0.15) is 76.2 Å². The Labute approximate surface area is 178 Å². The van der Waals surface area contributed by atoms with Gasteiger partial charge in [0, 0.05) is 32.0 Å². The molecule has 0 atom stereocenters. The molecule has 0 fully saturated rings. The molecular formula is C25H41N3O. The third-order valence-corrected chi connectivity index (χ3v) is 5.13. The largest absolute Gasteiger partial charge is 0.338 e. The zero-order valence-corrected chi connectivity index (χ0v) is 18.3. The summed E-state index contributed by atoms with van der Waals surface area (Å²) < 4.78 is 0. The molecule has 0 aliphatic carbocycles. The number of urea groups is 1. The average Bonchev–Trinajstić information content (AvgIpc) is 2.75. The second-order valence-corrected chi connectivity index (χ2v) is 7.66. The number of amides is 2. The van der Waals surface area contributed by atoms with E-state index < -0.39 is 0 Å². The molecule has 0 aliphatic heterocycles. The highest BCUT2D eigenvalue weighted by Crippen LogP contribution is 2.08. The molecule has 0 bridgehead atoms. The van der Waals surface area contributed by atoms with Crippen molar-refractivity contribution >= 4 is 6.03 Å². The maximum Gasteiger partial charge on any atom is 0.317 e. The third kappa shape index (κ3) is 13.7. The number of aryl methyl sites for hydroxylation is 1. The molecule has 1 aromatic heterocycles. The summed E-state index contributed by atoms with van der Waals surface area (Å²) in [7, 11) is 0. The van der Waals surface area contributed by atoms with Crippen LogP contribution in [0.2, 0.25) is 0 Å². The average molecular weight is 400 g/mol. The quantitative estimate of drug-likeness (QED) is 0.232. The number of nitrogens with one attached hydrogen (secondary N) is 1. The van der Waals surface area contributed by atoms with Gasteiger partial charge in [-0.2, -0.15) is 0 Å². The Morgan fingerprint density at radius 1 is 0.862 bits per heavy atom. The smallest absolute Gasteiger partial charge is 0.317 e.